The first-order valence-electron chi connectivity index (χ1n) is 6.99. The third-order valence-electron chi connectivity index (χ3n) is 4.13. The highest BCUT2D eigenvalue weighted by molar-refractivity contribution is 5.92. The summed E-state index contributed by atoms with van der Waals surface area (Å²) in [4.78, 5) is 21.0. The van der Waals surface area contributed by atoms with Crippen molar-refractivity contribution >= 4 is 36.4 Å². The van der Waals surface area contributed by atoms with Gasteiger partial charge in [-0.25, -0.2) is 4.98 Å². The second-order valence-electron chi connectivity index (χ2n) is 5.41. The lowest BCUT2D eigenvalue weighted by Crippen LogP contribution is -2.56. The molecule has 1 atom stereocenters. The second-order valence-corrected chi connectivity index (χ2v) is 5.41. The van der Waals surface area contributed by atoms with E-state index in [9.17, 15) is 4.79 Å². The number of halogens is 2. The van der Waals surface area contributed by atoms with Gasteiger partial charge < -0.3 is 10.6 Å². The average Bonchev–Trinajstić information content (AvgIpc) is 2.47. The van der Waals surface area contributed by atoms with Gasteiger partial charge in [-0.1, -0.05) is 6.42 Å². The number of carbonyl (C=O) groups is 1. The second kappa shape index (κ2) is 7.82. The zero-order valence-electron chi connectivity index (χ0n) is 11.9. The number of aromatic nitrogens is 1. The molecule has 0 saturated carbocycles. The smallest absolute Gasteiger partial charge is 0.272 e. The van der Waals surface area contributed by atoms with E-state index < -0.39 is 0 Å². The predicted molar refractivity (Wildman–Crippen MR) is 88.3 cm³/mol. The Bertz CT molecular complexity index is 469. The summed E-state index contributed by atoms with van der Waals surface area (Å²) in [5.41, 5.74) is 6.69. The number of nitrogens with zero attached hydrogens (tertiary/aromatic N) is 3. The summed E-state index contributed by atoms with van der Waals surface area (Å²) in [6.07, 6.45) is 5.33. The van der Waals surface area contributed by atoms with Gasteiger partial charge in [-0.3, -0.25) is 9.69 Å². The highest BCUT2D eigenvalue weighted by Crippen LogP contribution is 2.21. The summed E-state index contributed by atoms with van der Waals surface area (Å²) in [7, 11) is 0. The van der Waals surface area contributed by atoms with Crippen molar-refractivity contribution in [3.63, 3.8) is 0 Å². The lowest BCUT2D eigenvalue weighted by atomic mass is 9.99. The number of hydrogen-bond acceptors (Lipinski definition) is 4. The fourth-order valence-corrected chi connectivity index (χ4v) is 3.03. The molecular weight excluding hydrogens is 311 g/mol. The van der Waals surface area contributed by atoms with Gasteiger partial charge in [-0.05, 0) is 31.5 Å². The maximum absolute atomic E-state index is 12.4. The number of nitrogen functional groups attached to an aromatic ring is 1. The van der Waals surface area contributed by atoms with Crippen LogP contribution in [0.25, 0.3) is 0 Å². The third-order valence-corrected chi connectivity index (χ3v) is 4.13. The number of fused-ring (bicyclic) bond motifs is 1. The zero-order chi connectivity index (χ0) is 13.2. The van der Waals surface area contributed by atoms with Gasteiger partial charge in [0.2, 0.25) is 0 Å². The largest absolute Gasteiger partial charge is 0.397 e. The molecule has 0 spiro atoms. The number of rotatable bonds is 1. The van der Waals surface area contributed by atoms with Gasteiger partial charge in [0.05, 0.1) is 11.9 Å². The Morgan fingerprint density at radius 1 is 1.19 bits per heavy atom. The van der Waals surface area contributed by atoms with Crippen molar-refractivity contribution < 1.29 is 4.79 Å². The highest BCUT2D eigenvalue weighted by atomic mass is 35.5. The van der Waals surface area contributed by atoms with Crippen LogP contribution in [0, 0.1) is 0 Å². The molecule has 0 bridgehead atoms. The Hall–Kier alpha value is -1.04. The van der Waals surface area contributed by atoms with Crippen LogP contribution in [-0.4, -0.2) is 52.9 Å². The molecule has 3 heterocycles. The van der Waals surface area contributed by atoms with E-state index in [2.05, 4.69) is 9.88 Å². The van der Waals surface area contributed by atoms with E-state index >= 15 is 0 Å². The van der Waals surface area contributed by atoms with E-state index in [4.69, 9.17) is 5.73 Å². The Morgan fingerprint density at radius 3 is 2.71 bits per heavy atom. The van der Waals surface area contributed by atoms with E-state index in [0.717, 1.165) is 19.6 Å². The number of hydrogen-bond donors (Lipinski definition) is 1. The average molecular weight is 333 g/mol. The minimum absolute atomic E-state index is 0. The standard InChI is InChI=1S/C14H20N4O.2ClH/c15-11-4-5-13(16-9-11)14(19)18-8-7-17-6-2-1-3-12(17)10-18;;/h4-5,9,12H,1-3,6-8,10,15H2;2*1H. The topological polar surface area (TPSA) is 62.5 Å². The van der Waals surface area contributed by atoms with Crippen molar-refractivity contribution in [3.05, 3.63) is 24.0 Å². The quantitative estimate of drug-likeness (QED) is 0.852. The molecule has 2 aliphatic heterocycles. The monoisotopic (exact) mass is 332 g/mol. The van der Waals surface area contributed by atoms with Crippen molar-refractivity contribution in [1.82, 2.24) is 14.8 Å². The van der Waals surface area contributed by atoms with Crippen molar-refractivity contribution in [2.45, 2.75) is 25.3 Å². The van der Waals surface area contributed by atoms with E-state index in [-0.39, 0.29) is 30.7 Å². The molecule has 1 unspecified atom stereocenters. The van der Waals surface area contributed by atoms with Crippen molar-refractivity contribution in [3.8, 4) is 0 Å². The Balaban J connectivity index is 0.00000110. The van der Waals surface area contributed by atoms with Crippen molar-refractivity contribution in [2.75, 3.05) is 31.9 Å². The van der Waals surface area contributed by atoms with Crippen LogP contribution in [0.1, 0.15) is 29.8 Å². The van der Waals surface area contributed by atoms with Gasteiger partial charge in [-0.15, -0.1) is 24.8 Å². The first-order valence-corrected chi connectivity index (χ1v) is 6.99. The van der Waals surface area contributed by atoms with Crippen LogP contribution < -0.4 is 5.73 Å². The molecule has 0 radical (unpaired) electrons. The molecule has 2 saturated heterocycles. The van der Waals surface area contributed by atoms with E-state index in [1.165, 1.54) is 25.8 Å². The Kier molecular flexibility index (Phi) is 6.71. The molecule has 118 valence electrons. The Labute approximate surface area is 137 Å². The SMILES string of the molecule is Cl.Cl.Nc1ccc(C(=O)N2CCN3CCCCC3C2)nc1. The summed E-state index contributed by atoms with van der Waals surface area (Å²) >= 11 is 0. The zero-order valence-corrected chi connectivity index (χ0v) is 13.5. The number of piperazine rings is 1. The van der Waals surface area contributed by atoms with Gasteiger partial charge in [0.1, 0.15) is 5.69 Å². The van der Waals surface area contributed by atoms with Crippen LogP contribution in [0.2, 0.25) is 0 Å². The fraction of sp³-hybridized carbons (Fsp3) is 0.571. The molecular formula is C14H22Cl2N4O. The van der Waals surface area contributed by atoms with Crippen molar-refractivity contribution in [1.29, 1.82) is 0 Å². The number of amides is 1. The van der Waals surface area contributed by atoms with E-state index in [1.54, 1.807) is 18.3 Å². The molecule has 2 aliphatic rings. The lowest BCUT2D eigenvalue weighted by molar-refractivity contribution is 0.0368. The fourth-order valence-electron chi connectivity index (χ4n) is 3.03. The molecule has 3 rings (SSSR count). The van der Waals surface area contributed by atoms with Gasteiger partial charge in [0.15, 0.2) is 0 Å². The van der Waals surface area contributed by atoms with Crippen LogP contribution >= 0.6 is 24.8 Å². The van der Waals surface area contributed by atoms with Gasteiger partial charge in [0, 0.05) is 25.7 Å². The summed E-state index contributed by atoms with van der Waals surface area (Å²) < 4.78 is 0. The summed E-state index contributed by atoms with van der Waals surface area (Å²) in [6, 6.07) is 3.99. The summed E-state index contributed by atoms with van der Waals surface area (Å²) in [6.45, 7) is 3.82. The van der Waals surface area contributed by atoms with Crippen LogP contribution in [0.4, 0.5) is 5.69 Å². The van der Waals surface area contributed by atoms with E-state index in [1.807, 2.05) is 4.90 Å². The summed E-state index contributed by atoms with van der Waals surface area (Å²) in [5, 5.41) is 0. The minimum atomic E-state index is 0. The molecule has 0 aromatic carbocycles. The number of piperidine rings is 1. The lowest BCUT2D eigenvalue weighted by Gasteiger charge is -2.43. The number of nitrogens with two attached hydrogens (primary N) is 1. The Morgan fingerprint density at radius 2 is 2.00 bits per heavy atom. The normalized spacial score (nSPS) is 21.7. The van der Waals surface area contributed by atoms with Crippen LogP contribution in [0.5, 0.6) is 0 Å². The molecule has 0 aliphatic carbocycles. The maximum atomic E-state index is 12.4. The van der Waals surface area contributed by atoms with E-state index in [0.29, 0.717) is 17.4 Å². The van der Waals surface area contributed by atoms with Crippen molar-refractivity contribution in [2.24, 2.45) is 0 Å². The number of carbonyl (C=O) groups excluding carboxylic acids is 1. The first-order chi connectivity index (χ1) is 9.24. The van der Waals surface area contributed by atoms with Gasteiger partial charge in [0.25, 0.3) is 5.91 Å². The summed E-state index contributed by atoms with van der Waals surface area (Å²) in [5.74, 6) is 0.0326. The molecule has 1 aromatic rings. The number of anilines is 1. The molecule has 5 nitrogen and oxygen atoms in total. The molecule has 2 fully saturated rings. The molecule has 2 N–H and O–H groups in total. The third kappa shape index (κ3) is 3.99. The maximum Gasteiger partial charge on any atom is 0.272 e. The highest BCUT2D eigenvalue weighted by Gasteiger charge is 2.31. The van der Waals surface area contributed by atoms with Gasteiger partial charge in [-0.2, -0.15) is 0 Å². The molecule has 1 amide bonds. The number of pyridine rings is 1. The molecule has 21 heavy (non-hydrogen) atoms. The first kappa shape index (κ1) is 18.0. The van der Waals surface area contributed by atoms with Crippen LogP contribution in [0.3, 0.4) is 0 Å². The molecule has 1 aromatic heterocycles. The van der Waals surface area contributed by atoms with Gasteiger partial charge >= 0.3 is 0 Å². The van der Waals surface area contributed by atoms with Crippen LogP contribution in [0.15, 0.2) is 18.3 Å². The molecule has 7 heteroatoms. The predicted octanol–water partition coefficient (Wildman–Crippen LogP) is 1.82. The van der Waals surface area contributed by atoms with Crippen LogP contribution in [-0.2, 0) is 0 Å². The minimum Gasteiger partial charge on any atom is -0.397 e.